The van der Waals surface area contributed by atoms with Crippen molar-refractivity contribution in [2.24, 2.45) is 16.7 Å². The number of benzene rings is 4. The van der Waals surface area contributed by atoms with Gasteiger partial charge in [0.15, 0.2) is 40.2 Å². The number of esters is 4. The van der Waals surface area contributed by atoms with E-state index in [0.717, 1.165) is 5.56 Å². The van der Waals surface area contributed by atoms with Crippen molar-refractivity contribution >= 4 is 52.2 Å². The lowest BCUT2D eigenvalue weighted by Crippen LogP contribution is -2.82. The molecule has 4 aromatic carbocycles. The van der Waals surface area contributed by atoms with E-state index in [1.807, 2.05) is 57.2 Å². The van der Waals surface area contributed by atoms with Gasteiger partial charge in [0, 0.05) is 37.7 Å². The number of fused-ring (bicyclic) bond motifs is 5. The Kier molecular flexibility index (Phi) is 19.5. The van der Waals surface area contributed by atoms with Gasteiger partial charge in [-0.15, -0.1) is 0 Å². The summed E-state index contributed by atoms with van der Waals surface area (Å²) in [4.78, 5) is 90.0. The third-order valence-corrected chi connectivity index (χ3v) is 28.6. The molecule has 1 heterocycles. The number of aliphatic hydroxyl groups is 1. The smallest absolute Gasteiger partial charge is 0.338 e. The van der Waals surface area contributed by atoms with Crippen LogP contribution in [-0.2, 0) is 58.3 Å². The number of hydrogen-bond donors (Lipinski definition) is 2. The second-order valence-electron chi connectivity index (χ2n) is 24.0. The van der Waals surface area contributed by atoms with Gasteiger partial charge in [-0.25, -0.2) is 9.59 Å². The molecule has 84 heavy (non-hydrogen) atoms. The number of rotatable bonds is 23. The molecule has 4 aliphatic rings. The van der Waals surface area contributed by atoms with Crippen LogP contribution in [0, 0.1) is 16.7 Å². The number of nitrogens with one attached hydrogen (secondary N) is 1. The van der Waals surface area contributed by atoms with E-state index < -0.39 is 129 Å². The van der Waals surface area contributed by atoms with Crippen LogP contribution in [-0.4, -0.2) is 112 Å². The van der Waals surface area contributed by atoms with Crippen molar-refractivity contribution in [1.82, 2.24) is 5.32 Å². The van der Waals surface area contributed by atoms with Crippen molar-refractivity contribution in [3.05, 3.63) is 149 Å². The maximum absolute atomic E-state index is 16.8. The van der Waals surface area contributed by atoms with E-state index >= 15 is 14.4 Å². The Morgan fingerprint density at radius 2 is 1.31 bits per heavy atom. The zero-order valence-electron chi connectivity index (χ0n) is 50.8. The van der Waals surface area contributed by atoms with Crippen LogP contribution < -0.4 is 10.1 Å². The van der Waals surface area contributed by atoms with Crippen LogP contribution in [0.2, 0.25) is 36.3 Å². The Morgan fingerprint density at radius 1 is 0.726 bits per heavy atom. The summed E-state index contributed by atoms with van der Waals surface area (Å²) in [6, 6.07) is 36.4. The number of Topliss-reactive ketones (excluding diaryl/α,β-unsaturated/α-hetero) is 1. The number of hydrogen-bond acceptors (Lipinski definition) is 15. The van der Waals surface area contributed by atoms with Crippen molar-refractivity contribution in [1.29, 1.82) is 0 Å². The molecule has 3 aliphatic carbocycles. The number of ketones is 1. The SMILES string of the molecule is CC[Si](CC)(CC)O[C@H]1C[C@H]2OC[C@@]2(OC(C)=O)[C@H]2[C@H](OC(=O)c3cccc(OCc4ccccc4)c3)[C@]3(O)C[C@H](OC(=O)[C@H](O[Si](CC)(CC)CC)[C@@H](NC(=O)c4ccccc4)c4ccccc4)C(C)=C([C@@H](OC(C)=O)C(=O)[C@]12C)C3(C)C. The molecule has 1 amide bonds. The highest BCUT2D eigenvalue weighted by atomic mass is 28.4. The maximum atomic E-state index is 16.8. The normalized spacial score (nSPS) is 27.0. The number of carbonyl (C=O) groups excluding carboxylic acids is 6. The lowest BCUT2D eigenvalue weighted by Gasteiger charge is -2.68. The van der Waals surface area contributed by atoms with E-state index in [2.05, 4.69) is 26.1 Å². The van der Waals surface area contributed by atoms with Gasteiger partial charge in [0.25, 0.3) is 5.91 Å². The van der Waals surface area contributed by atoms with Gasteiger partial charge in [-0.2, -0.15) is 0 Å². The van der Waals surface area contributed by atoms with Crippen LogP contribution in [0.25, 0.3) is 0 Å². The molecular formula is C66H85NO15Si2. The molecule has 0 radical (unpaired) electrons. The molecule has 2 saturated carbocycles. The highest BCUT2D eigenvalue weighted by molar-refractivity contribution is 6.74. The van der Waals surface area contributed by atoms with Crippen LogP contribution >= 0.6 is 0 Å². The number of ether oxygens (including phenoxy) is 6. The lowest BCUT2D eigenvalue weighted by atomic mass is 9.44. The summed E-state index contributed by atoms with van der Waals surface area (Å²) in [7, 11) is -5.49. The first-order valence-corrected chi connectivity index (χ1v) is 34.9. The summed E-state index contributed by atoms with van der Waals surface area (Å²) >= 11 is 0. The molecule has 0 spiro atoms. The minimum atomic E-state index is -2.79. The topological polar surface area (TPSA) is 209 Å². The predicted octanol–water partition coefficient (Wildman–Crippen LogP) is 11.4. The third-order valence-electron chi connectivity index (χ3n) is 19.4. The molecule has 1 saturated heterocycles. The lowest BCUT2D eigenvalue weighted by molar-refractivity contribution is -0.344. The number of amides is 1. The molecular weight excluding hydrogens is 1100 g/mol. The van der Waals surface area contributed by atoms with Gasteiger partial charge in [-0.3, -0.25) is 19.2 Å². The van der Waals surface area contributed by atoms with Gasteiger partial charge in [0.1, 0.15) is 36.3 Å². The first-order chi connectivity index (χ1) is 40.0. The van der Waals surface area contributed by atoms with E-state index in [0.29, 0.717) is 58.7 Å². The van der Waals surface area contributed by atoms with Gasteiger partial charge >= 0.3 is 23.9 Å². The largest absolute Gasteiger partial charge is 0.489 e. The van der Waals surface area contributed by atoms with Crippen LogP contribution in [0.4, 0.5) is 0 Å². The molecule has 4 aromatic rings. The summed E-state index contributed by atoms with van der Waals surface area (Å²) in [6.45, 7) is 21.4. The minimum Gasteiger partial charge on any atom is -0.489 e. The molecule has 452 valence electrons. The fourth-order valence-corrected chi connectivity index (χ4v) is 19.6. The van der Waals surface area contributed by atoms with Crippen molar-refractivity contribution in [2.75, 3.05) is 6.61 Å². The Bertz CT molecular complexity index is 3040. The molecule has 8 rings (SSSR count). The highest BCUT2D eigenvalue weighted by Gasteiger charge is 2.79. The van der Waals surface area contributed by atoms with E-state index in [1.54, 1.807) is 100 Å². The number of carbonyl (C=O) groups is 6. The molecule has 16 nitrogen and oxygen atoms in total. The van der Waals surface area contributed by atoms with Crippen LogP contribution in [0.15, 0.2) is 126 Å². The fourth-order valence-electron chi connectivity index (χ4n) is 13.9. The van der Waals surface area contributed by atoms with E-state index in [-0.39, 0.29) is 30.8 Å². The second-order valence-corrected chi connectivity index (χ2v) is 33.4. The molecule has 18 heteroatoms. The Hall–Kier alpha value is -6.29. The Morgan fingerprint density at radius 3 is 1.87 bits per heavy atom. The minimum absolute atomic E-state index is 0.0430. The maximum Gasteiger partial charge on any atom is 0.338 e. The van der Waals surface area contributed by atoms with Crippen LogP contribution in [0.1, 0.15) is 134 Å². The zero-order valence-corrected chi connectivity index (χ0v) is 52.8. The van der Waals surface area contributed by atoms with Gasteiger partial charge in [0.05, 0.1) is 35.6 Å². The van der Waals surface area contributed by atoms with Crippen LogP contribution in [0.5, 0.6) is 5.75 Å². The van der Waals surface area contributed by atoms with Crippen molar-refractivity contribution in [3.63, 3.8) is 0 Å². The zero-order chi connectivity index (χ0) is 61.0. The Balaban J connectivity index is 1.35. The van der Waals surface area contributed by atoms with Gasteiger partial charge in [-0.05, 0) is 103 Å². The molecule has 2 N–H and O–H groups in total. The predicted molar refractivity (Wildman–Crippen MR) is 321 cm³/mol. The average molecular weight is 1190 g/mol. The Labute approximate surface area is 496 Å². The quantitative estimate of drug-likeness (QED) is 0.0306. The molecule has 2 bridgehead atoms. The van der Waals surface area contributed by atoms with Crippen molar-refractivity contribution < 1.29 is 71.1 Å². The molecule has 0 aromatic heterocycles. The summed E-state index contributed by atoms with van der Waals surface area (Å²) in [5.74, 6) is -5.56. The second kappa shape index (κ2) is 25.7. The van der Waals surface area contributed by atoms with Crippen LogP contribution in [0.3, 0.4) is 0 Å². The molecule has 11 atom stereocenters. The fraction of sp³-hybridized carbons (Fsp3) is 0.515. The third kappa shape index (κ3) is 12.0. The van der Waals surface area contributed by atoms with Gasteiger partial charge < -0.3 is 47.7 Å². The summed E-state index contributed by atoms with van der Waals surface area (Å²) < 4.78 is 53.8. The standard InChI is InChI=1S/C66H85NO15Si2/c1-13-83(14-2,15-3)81-51-38-52-65(41-76-52,80-44(9)69)57-59(79-61(72)48-35-28-36-49(37-48)75-40-45-29-22-19-23-30-45)66(74)39-50(42(7)53(63(66,10)11)55(77-43(8)68)58(70)64(51,57)12)78-62(73)56(82-84(16-4,17-5)18-6)54(46-31-24-20-25-32-46)67-60(71)47-33-26-21-27-34-47/h19-37,50-52,54-57,59,74H,13-18,38-41H2,1-12H3,(H,67,71)/t50-,51-,52+,54-,55+,56+,57-,59-,64+,65-,66+/m0/s1. The summed E-state index contributed by atoms with van der Waals surface area (Å²) in [5.41, 5.74) is -5.41. The summed E-state index contributed by atoms with van der Waals surface area (Å²) in [5, 5.41) is 17.8. The first-order valence-electron chi connectivity index (χ1n) is 29.9. The highest BCUT2D eigenvalue weighted by Crippen LogP contribution is 2.65. The van der Waals surface area contributed by atoms with E-state index in [1.165, 1.54) is 19.9 Å². The summed E-state index contributed by atoms with van der Waals surface area (Å²) in [6.07, 6.45) is -8.76. The van der Waals surface area contributed by atoms with Gasteiger partial charge in [0.2, 0.25) is 0 Å². The molecule has 0 unspecified atom stereocenters. The van der Waals surface area contributed by atoms with E-state index in [9.17, 15) is 19.5 Å². The van der Waals surface area contributed by atoms with Crippen molar-refractivity contribution in [2.45, 2.75) is 193 Å². The van der Waals surface area contributed by atoms with Crippen molar-refractivity contribution in [3.8, 4) is 5.75 Å². The molecule has 3 fully saturated rings. The molecule has 1 aliphatic heterocycles. The van der Waals surface area contributed by atoms with E-state index in [4.69, 9.17) is 37.3 Å². The monoisotopic (exact) mass is 1190 g/mol. The first kappa shape index (κ1) is 63.7. The average Bonchev–Trinajstić information content (AvgIpc) is 0.683. The van der Waals surface area contributed by atoms with Gasteiger partial charge in [-0.1, -0.05) is 140 Å².